The molecule has 4 rings (SSSR count). The van der Waals surface area contributed by atoms with Crippen LogP contribution in [0, 0.1) is 28.6 Å². The molecular weight excluding hydrogens is 268 g/mol. The number of ketones is 1. The minimum absolute atomic E-state index is 0.146. The SMILES string of the molecule is CCC1=CC[C@H]2[C@@H]3CCC4=CC(=O)C=C[C@]4(C)[C@H]3CC[C@]12C. The summed E-state index contributed by atoms with van der Waals surface area (Å²) in [6.07, 6.45) is 16.1. The summed E-state index contributed by atoms with van der Waals surface area (Å²) < 4.78 is 0. The van der Waals surface area contributed by atoms with Crippen LogP contribution in [0.3, 0.4) is 0 Å². The van der Waals surface area contributed by atoms with E-state index < -0.39 is 0 Å². The maximum absolute atomic E-state index is 11.8. The van der Waals surface area contributed by atoms with Crippen LogP contribution in [-0.2, 0) is 4.79 Å². The van der Waals surface area contributed by atoms with Gasteiger partial charge in [-0.1, -0.05) is 44.1 Å². The van der Waals surface area contributed by atoms with E-state index in [1.165, 1.54) is 37.7 Å². The molecule has 118 valence electrons. The van der Waals surface area contributed by atoms with E-state index in [1.807, 2.05) is 12.2 Å². The van der Waals surface area contributed by atoms with Gasteiger partial charge in [-0.3, -0.25) is 4.79 Å². The topological polar surface area (TPSA) is 17.1 Å². The van der Waals surface area contributed by atoms with Gasteiger partial charge in [0, 0.05) is 5.41 Å². The summed E-state index contributed by atoms with van der Waals surface area (Å²) in [5, 5.41) is 0. The lowest BCUT2D eigenvalue weighted by atomic mass is 9.48. The number of hydrogen-bond donors (Lipinski definition) is 0. The fourth-order valence-electron chi connectivity index (χ4n) is 6.40. The molecule has 1 nitrogen and oxygen atoms in total. The minimum Gasteiger partial charge on any atom is -0.290 e. The molecule has 0 spiro atoms. The van der Waals surface area contributed by atoms with E-state index in [2.05, 4.69) is 32.9 Å². The Balaban J connectivity index is 1.69. The lowest BCUT2D eigenvalue weighted by Crippen LogP contribution is -2.49. The Labute approximate surface area is 134 Å². The van der Waals surface area contributed by atoms with Gasteiger partial charge in [-0.05, 0) is 73.8 Å². The summed E-state index contributed by atoms with van der Waals surface area (Å²) in [6.45, 7) is 7.25. The highest BCUT2D eigenvalue weighted by molar-refractivity contribution is 6.01. The van der Waals surface area contributed by atoms with Gasteiger partial charge in [0.2, 0.25) is 0 Å². The summed E-state index contributed by atoms with van der Waals surface area (Å²) in [5.41, 5.74) is 3.73. The largest absolute Gasteiger partial charge is 0.290 e. The van der Waals surface area contributed by atoms with Crippen molar-refractivity contribution in [1.29, 1.82) is 0 Å². The number of hydrogen-bond acceptors (Lipinski definition) is 1. The summed E-state index contributed by atoms with van der Waals surface area (Å²) in [4.78, 5) is 11.8. The fraction of sp³-hybridized carbons (Fsp3) is 0.667. The Hall–Kier alpha value is -1.11. The Kier molecular flexibility index (Phi) is 3.09. The molecule has 0 saturated heterocycles. The van der Waals surface area contributed by atoms with Crippen LogP contribution in [-0.4, -0.2) is 5.78 Å². The molecule has 4 aliphatic rings. The summed E-state index contributed by atoms with van der Waals surface area (Å²) >= 11 is 0. The van der Waals surface area contributed by atoms with E-state index in [4.69, 9.17) is 0 Å². The second kappa shape index (κ2) is 4.69. The van der Waals surface area contributed by atoms with Gasteiger partial charge in [0.25, 0.3) is 0 Å². The van der Waals surface area contributed by atoms with Crippen molar-refractivity contribution in [3.63, 3.8) is 0 Å². The second-order valence-electron chi connectivity index (χ2n) is 8.38. The van der Waals surface area contributed by atoms with E-state index >= 15 is 0 Å². The van der Waals surface area contributed by atoms with Gasteiger partial charge in [-0.25, -0.2) is 0 Å². The molecule has 0 aliphatic heterocycles. The maximum Gasteiger partial charge on any atom is 0.178 e. The van der Waals surface area contributed by atoms with Crippen molar-refractivity contribution in [2.45, 2.75) is 59.3 Å². The first-order chi connectivity index (χ1) is 10.5. The second-order valence-corrected chi connectivity index (χ2v) is 8.38. The first-order valence-electron chi connectivity index (χ1n) is 9.13. The first-order valence-corrected chi connectivity index (χ1v) is 9.13. The first kappa shape index (κ1) is 14.5. The standard InChI is InChI=1S/C21H28O/c1-4-14-6-8-18-17-7-5-15-13-16(22)9-11-21(15,3)19(17)10-12-20(14,18)2/h6,9,11,13,17-19H,4-5,7-8,10,12H2,1-3H3/t17-,18-,19-,20+,21-/m0/s1. The molecule has 0 aromatic carbocycles. The molecule has 2 fully saturated rings. The Morgan fingerprint density at radius 3 is 2.82 bits per heavy atom. The zero-order valence-corrected chi connectivity index (χ0v) is 14.2. The van der Waals surface area contributed by atoms with Crippen LogP contribution in [0.25, 0.3) is 0 Å². The van der Waals surface area contributed by atoms with Crippen molar-refractivity contribution in [3.8, 4) is 0 Å². The Bertz CT molecular complexity index is 607. The molecule has 0 amide bonds. The van der Waals surface area contributed by atoms with Gasteiger partial charge >= 0.3 is 0 Å². The number of allylic oxidation sites excluding steroid dienone is 6. The highest BCUT2D eigenvalue weighted by Crippen LogP contribution is 2.64. The Morgan fingerprint density at radius 2 is 2.05 bits per heavy atom. The highest BCUT2D eigenvalue weighted by Gasteiger charge is 2.55. The van der Waals surface area contributed by atoms with Crippen LogP contribution < -0.4 is 0 Å². The van der Waals surface area contributed by atoms with E-state index in [9.17, 15) is 4.79 Å². The van der Waals surface area contributed by atoms with Gasteiger partial charge in [0.05, 0.1) is 0 Å². The lowest BCUT2D eigenvalue weighted by Gasteiger charge is -2.56. The molecule has 0 unspecified atom stereocenters. The quantitative estimate of drug-likeness (QED) is 0.605. The van der Waals surface area contributed by atoms with Crippen LogP contribution in [0.4, 0.5) is 0 Å². The van der Waals surface area contributed by atoms with Crippen molar-refractivity contribution in [1.82, 2.24) is 0 Å². The molecule has 0 radical (unpaired) electrons. The van der Waals surface area contributed by atoms with E-state index in [1.54, 1.807) is 5.57 Å². The monoisotopic (exact) mass is 296 g/mol. The normalized spacial score (nSPS) is 46.5. The predicted molar refractivity (Wildman–Crippen MR) is 90.4 cm³/mol. The molecule has 2 saturated carbocycles. The molecule has 0 heterocycles. The zero-order chi connectivity index (χ0) is 15.5. The Morgan fingerprint density at radius 1 is 1.23 bits per heavy atom. The predicted octanol–water partition coefficient (Wildman–Crippen LogP) is 5.24. The lowest BCUT2D eigenvalue weighted by molar-refractivity contribution is -0.111. The number of fused-ring (bicyclic) bond motifs is 5. The zero-order valence-electron chi connectivity index (χ0n) is 14.2. The summed E-state index contributed by atoms with van der Waals surface area (Å²) in [7, 11) is 0. The third-order valence-corrected chi connectivity index (χ3v) is 7.68. The molecule has 5 atom stereocenters. The molecule has 0 aromatic rings. The van der Waals surface area contributed by atoms with Crippen molar-refractivity contribution in [2.75, 3.05) is 0 Å². The highest BCUT2D eigenvalue weighted by atomic mass is 16.1. The van der Waals surface area contributed by atoms with Crippen molar-refractivity contribution >= 4 is 5.78 Å². The van der Waals surface area contributed by atoms with E-state index in [0.717, 1.165) is 24.2 Å². The van der Waals surface area contributed by atoms with Gasteiger partial charge in [0.1, 0.15) is 0 Å². The average molecular weight is 296 g/mol. The molecule has 0 N–H and O–H groups in total. The molecule has 22 heavy (non-hydrogen) atoms. The molecule has 0 bridgehead atoms. The van der Waals surface area contributed by atoms with Crippen molar-refractivity contribution in [2.24, 2.45) is 28.6 Å². The number of rotatable bonds is 1. The van der Waals surface area contributed by atoms with Gasteiger partial charge in [0.15, 0.2) is 5.78 Å². The summed E-state index contributed by atoms with van der Waals surface area (Å²) in [5.74, 6) is 2.60. The average Bonchev–Trinajstić information content (AvgIpc) is 2.84. The van der Waals surface area contributed by atoms with Gasteiger partial charge in [-0.15, -0.1) is 0 Å². The molecule has 1 heteroatoms. The van der Waals surface area contributed by atoms with Crippen LogP contribution in [0.5, 0.6) is 0 Å². The van der Waals surface area contributed by atoms with Crippen molar-refractivity contribution < 1.29 is 4.79 Å². The smallest absolute Gasteiger partial charge is 0.178 e. The van der Waals surface area contributed by atoms with Crippen LogP contribution in [0.1, 0.15) is 59.3 Å². The van der Waals surface area contributed by atoms with E-state index in [-0.39, 0.29) is 11.2 Å². The van der Waals surface area contributed by atoms with Crippen LogP contribution in [0.2, 0.25) is 0 Å². The molecular formula is C21H28O. The molecule has 0 aromatic heterocycles. The number of carbonyl (C=O) groups excluding carboxylic acids is 1. The van der Waals surface area contributed by atoms with Gasteiger partial charge in [-0.2, -0.15) is 0 Å². The van der Waals surface area contributed by atoms with Crippen molar-refractivity contribution in [3.05, 3.63) is 35.5 Å². The minimum atomic E-state index is 0.146. The van der Waals surface area contributed by atoms with Crippen LogP contribution >= 0.6 is 0 Å². The fourth-order valence-corrected chi connectivity index (χ4v) is 6.40. The maximum atomic E-state index is 11.8. The van der Waals surface area contributed by atoms with E-state index in [0.29, 0.717) is 5.41 Å². The van der Waals surface area contributed by atoms with Crippen LogP contribution in [0.15, 0.2) is 35.5 Å². The third-order valence-electron chi connectivity index (χ3n) is 7.68. The molecule has 4 aliphatic carbocycles. The summed E-state index contributed by atoms with van der Waals surface area (Å²) in [6, 6.07) is 0. The third kappa shape index (κ3) is 1.74. The van der Waals surface area contributed by atoms with Gasteiger partial charge < -0.3 is 0 Å². The number of carbonyl (C=O) groups is 1.